The van der Waals surface area contributed by atoms with E-state index < -0.39 is 12.3 Å². The number of rotatable bonds is 10. The Morgan fingerprint density at radius 3 is 2.48 bits per heavy atom. The van der Waals surface area contributed by atoms with Crippen LogP contribution >= 0.6 is 0 Å². The second-order valence-electron chi connectivity index (χ2n) is 12.5. The van der Waals surface area contributed by atoms with Gasteiger partial charge >= 0.3 is 12.3 Å². The summed E-state index contributed by atoms with van der Waals surface area (Å²) >= 11 is 0. The molecule has 4 aliphatic rings. The third-order valence-corrected chi connectivity index (χ3v) is 9.68. The maximum absolute atomic E-state index is 12.4. The zero-order chi connectivity index (χ0) is 32.0. The van der Waals surface area contributed by atoms with Gasteiger partial charge in [-0.3, -0.25) is 9.69 Å². The number of ether oxygens (including phenoxy) is 3. The summed E-state index contributed by atoms with van der Waals surface area (Å²) in [5.41, 5.74) is 10.9. The summed E-state index contributed by atoms with van der Waals surface area (Å²) in [6, 6.07) is 11.4. The first-order valence-corrected chi connectivity index (χ1v) is 15.7. The van der Waals surface area contributed by atoms with Gasteiger partial charge in [0.05, 0.1) is 24.3 Å². The summed E-state index contributed by atoms with van der Waals surface area (Å²) in [6.45, 7) is 4.98. The van der Waals surface area contributed by atoms with Crippen LogP contribution in [0, 0.1) is 17.8 Å². The van der Waals surface area contributed by atoms with Crippen molar-refractivity contribution in [3.05, 3.63) is 59.2 Å². The van der Waals surface area contributed by atoms with Gasteiger partial charge in [-0.2, -0.15) is 4.98 Å². The van der Waals surface area contributed by atoms with Crippen LogP contribution in [0.5, 0.6) is 11.5 Å². The van der Waals surface area contributed by atoms with Crippen LogP contribution in [-0.2, 0) is 29.0 Å². The van der Waals surface area contributed by atoms with E-state index in [-0.39, 0.29) is 36.2 Å². The topological polar surface area (TPSA) is 123 Å². The van der Waals surface area contributed by atoms with Gasteiger partial charge < -0.3 is 30.0 Å². The summed E-state index contributed by atoms with van der Waals surface area (Å²) in [4.78, 5) is 25.3. The molecule has 7 rings (SSSR count). The van der Waals surface area contributed by atoms with E-state index in [0.29, 0.717) is 18.3 Å². The molecule has 3 aromatic rings. The summed E-state index contributed by atoms with van der Waals surface area (Å²) in [7, 11) is 0. The fourth-order valence-corrected chi connectivity index (χ4v) is 7.40. The number of aliphatic carboxylic acids is 1. The Bertz CT molecular complexity index is 1600. The summed E-state index contributed by atoms with van der Waals surface area (Å²) in [5, 5.41) is 9.34. The van der Waals surface area contributed by atoms with Crippen molar-refractivity contribution in [1.29, 1.82) is 0 Å². The molecular formula is C33H36F3N5O5. The Kier molecular flexibility index (Phi) is 8.14. The van der Waals surface area contributed by atoms with E-state index in [4.69, 9.17) is 15.2 Å². The van der Waals surface area contributed by atoms with Gasteiger partial charge in [0.25, 0.3) is 0 Å². The smallest absolute Gasteiger partial charge is 0.489 e. The zero-order valence-corrected chi connectivity index (χ0v) is 25.2. The number of carbonyl (C=O) groups is 1. The molecule has 3 aliphatic carbocycles. The average Bonchev–Trinajstić information content (AvgIpc) is 3.62. The lowest BCUT2D eigenvalue weighted by Crippen LogP contribution is -2.48. The number of nitrogens with two attached hydrogens (primary N) is 1. The SMILES string of the molecule is Nc1nc2c(c(N3CCN(CCOC4CC[C@H]5C(C(=O)O)[C@@H]45)CC3)n1)CCc1cc(OCc3ccc(OC(F)(F)F)cc3)ccc1-2. The maximum Gasteiger partial charge on any atom is 0.573 e. The summed E-state index contributed by atoms with van der Waals surface area (Å²) in [6.07, 6.45) is -1.18. The van der Waals surface area contributed by atoms with Gasteiger partial charge in [-0.05, 0) is 73.1 Å². The number of carboxylic acids is 1. The van der Waals surface area contributed by atoms with Crippen molar-refractivity contribution in [3.8, 4) is 22.8 Å². The quantitative estimate of drug-likeness (QED) is 0.327. The molecule has 1 aromatic heterocycles. The monoisotopic (exact) mass is 639 g/mol. The largest absolute Gasteiger partial charge is 0.573 e. The van der Waals surface area contributed by atoms with E-state index in [1.807, 2.05) is 18.2 Å². The minimum absolute atomic E-state index is 0.0796. The van der Waals surface area contributed by atoms with Gasteiger partial charge in [-0.1, -0.05) is 12.1 Å². The highest BCUT2D eigenvalue weighted by Crippen LogP contribution is 2.58. The molecular weight excluding hydrogens is 603 g/mol. The maximum atomic E-state index is 12.4. The number of nitrogens with zero attached hydrogens (tertiary/aromatic N) is 4. The van der Waals surface area contributed by atoms with E-state index in [2.05, 4.69) is 24.5 Å². The minimum Gasteiger partial charge on any atom is -0.489 e. The van der Waals surface area contributed by atoms with E-state index in [9.17, 15) is 23.1 Å². The molecule has 2 saturated carbocycles. The molecule has 2 unspecified atom stereocenters. The first kappa shape index (κ1) is 30.5. The van der Waals surface area contributed by atoms with Gasteiger partial charge in [0.2, 0.25) is 5.95 Å². The molecule has 0 bridgehead atoms. The zero-order valence-electron chi connectivity index (χ0n) is 25.2. The van der Waals surface area contributed by atoms with Gasteiger partial charge in [0.1, 0.15) is 23.9 Å². The highest BCUT2D eigenvalue weighted by atomic mass is 19.4. The third-order valence-electron chi connectivity index (χ3n) is 9.68. The molecule has 3 N–H and O–H groups in total. The normalized spacial score (nSPS) is 23.8. The second-order valence-corrected chi connectivity index (χ2v) is 12.5. The number of halogens is 3. The fourth-order valence-electron chi connectivity index (χ4n) is 7.40. The number of aromatic nitrogens is 2. The van der Waals surface area contributed by atoms with Crippen LogP contribution in [0.25, 0.3) is 11.3 Å². The molecule has 0 spiro atoms. The number of fused-ring (bicyclic) bond motifs is 4. The molecule has 244 valence electrons. The lowest BCUT2D eigenvalue weighted by Gasteiger charge is -2.37. The Labute approximate surface area is 264 Å². The molecule has 2 aromatic carbocycles. The molecule has 0 amide bonds. The number of carboxylic acid groups (broad SMARTS) is 1. The molecule has 2 heterocycles. The highest BCUT2D eigenvalue weighted by molar-refractivity contribution is 5.76. The van der Waals surface area contributed by atoms with Crippen molar-refractivity contribution >= 4 is 17.7 Å². The van der Waals surface area contributed by atoms with Crippen molar-refractivity contribution in [1.82, 2.24) is 14.9 Å². The van der Waals surface area contributed by atoms with Crippen molar-refractivity contribution in [2.45, 2.75) is 44.8 Å². The van der Waals surface area contributed by atoms with Crippen LogP contribution in [0.3, 0.4) is 0 Å². The van der Waals surface area contributed by atoms with Crippen molar-refractivity contribution in [2.24, 2.45) is 17.8 Å². The van der Waals surface area contributed by atoms with Crippen LogP contribution in [0.1, 0.15) is 29.5 Å². The first-order valence-electron chi connectivity index (χ1n) is 15.7. The van der Waals surface area contributed by atoms with Crippen molar-refractivity contribution in [3.63, 3.8) is 0 Å². The Hall–Kier alpha value is -4.10. The van der Waals surface area contributed by atoms with E-state index in [0.717, 1.165) is 92.2 Å². The fraction of sp³-hybridized carbons (Fsp3) is 0.485. The van der Waals surface area contributed by atoms with Crippen LogP contribution in [0.15, 0.2) is 42.5 Å². The number of benzene rings is 2. The predicted octanol–water partition coefficient (Wildman–Crippen LogP) is 4.55. The van der Waals surface area contributed by atoms with Gasteiger partial charge in [0.15, 0.2) is 0 Å². The lowest BCUT2D eigenvalue weighted by atomic mass is 9.88. The lowest BCUT2D eigenvalue weighted by molar-refractivity contribution is -0.274. The van der Waals surface area contributed by atoms with Crippen LogP contribution in [-0.4, -0.2) is 77.7 Å². The number of nitrogen functional groups attached to an aromatic ring is 1. The first-order chi connectivity index (χ1) is 22.1. The minimum atomic E-state index is -4.73. The van der Waals surface area contributed by atoms with Gasteiger partial charge in [-0.15, -0.1) is 13.2 Å². The molecule has 0 radical (unpaired) electrons. The number of hydrogen-bond donors (Lipinski definition) is 2. The standard InChI is InChI=1S/C33H36F3N5O5/c34-33(35,36)46-21-4-1-19(2-5-21)18-45-22-6-8-23-20(17-22)3-7-25-29(23)38-32(37)39-30(25)41-13-11-40(12-14-41)15-16-44-26-10-9-24-27(26)28(24)31(42)43/h1-2,4-6,8,17,24,26-28H,3,7,9-16,18H2,(H,42,43)(H2,37,38,39)/t24-,26?,27-,28?/m1/s1. The molecule has 3 fully saturated rings. The number of alkyl halides is 3. The van der Waals surface area contributed by atoms with Crippen LogP contribution in [0.2, 0.25) is 0 Å². The number of aryl methyl sites for hydroxylation is 1. The Balaban J connectivity index is 0.945. The molecule has 1 aliphatic heterocycles. The van der Waals surface area contributed by atoms with Gasteiger partial charge in [-0.25, -0.2) is 4.98 Å². The second kappa shape index (κ2) is 12.3. The Morgan fingerprint density at radius 1 is 1.00 bits per heavy atom. The van der Waals surface area contributed by atoms with E-state index >= 15 is 0 Å². The number of anilines is 2. The van der Waals surface area contributed by atoms with Crippen LogP contribution < -0.4 is 20.1 Å². The van der Waals surface area contributed by atoms with E-state index in [1.54, 1.807) is 12.1 Å². The number of hydrogen-bond acceptors (Lipinski definition) is 9. The van der Waals surface area contributed by atoms with E-state index in [1.165, 1.54) is 12.1 Å². The highest BCUT2D eigenvalue weighted by Gasteiger charge is 2.62. The van der Waals surface area contributed by atoms with Crippen LogP contribution in [0.4, 0.5) is 24.9 Å². The predicted molar refractivity (Wildman–Crippen MR) is 162 cm³/mol. The Morgan fingerprint density at radius 2 is 1.76 bits per heavy atom. The summed E-state index contributed by atoms with van der Waals surface area (Å²) < 4.78 is 53.3. The van der Waals surface area contributed by atoms with Crippen molar-refractivity contribution in [2.75, 3.05) is 50.0 Å². The molecule has 13 heteroatoms. The molecule has 4 atom stereocenters. The summed E-state index contributed by atoms with van der Waals surface area (Å²) in [5.74, 6) is 1.11. The molecule has 46 heavy (non-hydrogen) atoms. The van der Waals surface area contributed by atoms with Crippen molar-refractivity contribution < 1.29 is 37.3 Å². The third kappa shape index (κ3) is 6.43. The number of piperazine rings is 1. The molecule has 10 nitrogen and oxygen atoms in total. The average molecular weight is 640 g/mol. The van der Waals surface area contributed by atoms with Gasteiger partial charge in [0, 0.05) is 49.8 Å². The molecule has 1 saturated heterocycles.